The van der Waals surface area contributed by atoms with E-state index in [1.807, 2.05) is 26.8 Å². The summed E-state index contributed by atoms with van der Waals surface area (Å²) < 4.78 is 4.82. The number of rotatable bonds is 5. The monoisotopic (exact) mass is 225 g/mol. The highest BCUT2D eigenvalue weighted by Crippen LogP contribution is 2.01. The van der Waals surface area contributed by atoms with Crippen LogP contribution in [0.2, 0.25) is 0 Å². The van der Waals surface area contributed by atoms with Crippen molar-refractivity contribution in [3.63, 3.8) is 0 Å². The Labute approximate surface area is 96.5 Å². The molecule has 0 radical (unpaired) electrons. The number of amides is 1. The number of methoxy groups -OCH3 is 1. The number of hydrogen-bond acceptors (Lipinski definition) is 4. The molecular formula is C11H19N3O2. The average Bonchev–Trinajstić information content (AvgIpc) is 2.15. The Morgan fingerprint density at radius 3 is 2.56 bits per heavy atom. The standard InChI is InChI=1S/C11H19N3O2/c1-11(2,3)14-10(15)9(7-12)8-13-5-6-16-4/h8,13H,5-6H2,1-4H3,(H,14,15)/b9-8-. The summed E-state index contributed by atoms with van der Waals surface area (Å²) >= 11 is 0. The predicted molar refractivity (Wildman–Crippen MR) is 61.5 cm³/mol. The number of hydrogen-bond donors (Lipinski definition) is 2. The minimum absolute atomic E-state index is 0.0611. The highest BCUT2D eigenvalue weighted by molar-refractivity contribution is 5.97. The fourth-order valence-electron chi connectivity index (χ4n) is 0.892. The van der Waals surface area contributed by atoms with Gasteiger partial charge in [0.25, 0.3) is 5.91 Å². The van der Waals surface area contributed by atoms with Gasteiger partial charge >= 0.3 is 0 Å². The van der Waals surface area contributed by atoms with Gasteiger partial charge in [0.15, 0.2) is 0 Å². The molecule has 5 heteroatoms. The first-order chi connectivity index (χ1) is 7.40. The van der Waals surface area contributed by atoms with E-state index >= 15 is 0 Å². The first-order valence-corrected chi connectivity index (χ1v) is 5.06. The summed E-state index contributed by atoms with van der Waals surface area (Å²) in [6.45, 7) is 6.66. The highest BCUT2D eigenvalue weighted by Gasteiger charge is 2.16. The normalized spacial score (nSPS) is 11.8. The summed E-state index contributed by atoms with van der Waals surface area (Å²) in [6, 6.07) is 1.85. The van der Waals surface area contributed by atoms with Crippen molar-refractivity contribution in [2.75, 3.05) is 20.3 Å². The maximum atomic E-state index is 11.6. The zero-order valence-corrected chi connectivity index (χ0v) is 10.3. The van der Waals surface area contributed by atoms with Gasteiger partial charge in [-0.05, 0) is 20.8 Å². The molecule has 0 unspecified atom stereocenters. The number of carbonyl (C=O) groups is 1. The molecule has 2 N–H and O–H groups in total. The molecule has 0 aromatic rings. The van der Waals surface area contributed by atoms with Crippen LogP contribution in [-0.2, 0) is 9.53 Å². The van der Waals surface area contributed by atoms with E-state index in [9.17, 15) is 4.79 Å². The Balaban J connectivity index is 4.28. The van der Waals surface area contributed by atoms with E-state index in [0.29, 0.717) is 13.2 Å². The van der Waals surface area contributed by atoms with Crippen LogP contribution in [0.3, 0.4) is 0 Å². The minimum Gasteiger partial charge on any atom is -0.387 e. The van der Waals surface area contributed by atoms with Crippen molar-refractivity contribution in [1.82, 2.24) is 10.6 Å². The van der Waals surface area contributed by atoms with E-state index in [0.717, 1.165) is 0 Å². The van der Waals surface area contributed by atoms with Crippen LogP contribution in [0.1, 0.15) is 20.8 Å². The summed E-state index contributed by atoms with van der Waals surface area (Å²) in [5, 5.41) is 14.3. The molecule has 0 bridgehead atoms. The van der Waals surface area contributed by atoms with Crippen LogP contribution in [0.4, 0.5) is 0 Å². The number of ether oxygens (including phenoxy) is 1. The van der Waals surface area contributed by atoms with Gasteiger partial charge in [0.2, 0.25) is 0 Å². The average molecular weight is 225 g/mol. The van der Waals surface area contributed by atoms with E-state index in [1.165, 1.54) is 6.20 Å². The molecule has 0 aromatic heterocycles. The lowest BCUT2D eigenvalue weighted by atomic mass is 10.1. The summed E-state index contributed by atoms with van der Waals surface area (Å²) in [5.41, 5.74) is -0.287. The predicted octanol–water partition coefficient (Wildman–Crippen LogP) is 0.545. The van der Waals surface area contributed by atoms with Gasteiger partial charge < -0.3 is 15.4 Å². The molecule has 0 aliphatic rings. The highest BCUT2D eigenvalue weighted by atomic mass is 16.5. The van der Waals surface area contributed by atoms with Gasteiger partial charge in [0.1, 0.15) is 11.6 Å². The smallest absolute Gasteiger partial charge is 0.263 e. The van der Waals surface area contributed by atoms with Crippen molar-refractivity contribution in [3.8, 4) is 6.07 Å². The molecule has 90 valence electrons. The molecular weight excluding hydrogens is 206 g/mol. The molecule has 0 rings (SSSR count). The van der Waals surface area contributed by atoms with Crippen LogP contribution in [-0.4, -0.2) is 31.7 Å². The Morgan fingerprint density at radius 1 is 1.50 bits per heavy atom. The molecule has 0 aliphatic carbocycles. The second kappa shape index (κ2) is 6.85. The van der Waals surface area contributed by atoms with Gasteiger partial charge in [-0.2, -0.15) is 5.26 Å². The fourth-order valence-corrected chi connectivity index (χ4v) is 0.892. The quantitative estimate of drug-likeness (QED) is 0.407. The second-order valence-electron chi connectivity index (χ2n) is 4.32. The Bertz CT molecular complexity index is 297. The Hall–Kier alpha value is -1.54. The SMILES string of the molecule is COCCN/C=C(/C#N)C(=O)NC(C)(C)C. The molecule has 0 fully saturated rings. The summed E-state index contributed by atoms with van der Waals surface area (Å²) in [4.78, 5) is 11.6. The number of nitriles is 1. The minimum atomic E-state index is -0.375. The zero-order valence-electron chi connectivity index (χ0n) is 10.3. The van der Waals surface area contributed by atoms with Gasteiger partial charge in [0.05, 0.1) is 6.61 Å². The van der Waals surface area contributed by atoms with E-state index in [4.69, 9.17) is 10.00 Å². The second-order valence-corrected chi connectivity index (χ2v) is 4.32. The molecule has 0 saturated carbocycles. The maximum absolute atomic E-state index is 11.6. The first kappa shape index (κ1) is 14.5. The zero-order chi connectivity index (χ0) is 12.6. The van der Waals surface area contributed by atoms with E-state index in [2.05, 4.69) is 10.6 Å². The fraction of sp³-hybridized carbons (Fsp3) is 0.636. The van der Waals surface area contributed by atoms with Crippen molar-refractivity contribution in [3.05, 3.63) is 11.8 Å². The third kappa shape index (κ3) is 6.85. The number of nitrogens with zero attached hydrogens (tertiary/aromatic N) is 1. The van der Waals surface area contributed by atoms with Crippen LogP contribution >= 0.6 is 0 Å². The summed E-state index contributed by atoms with van der Waals surface area (Å²) in [6.07, 6.45) is 1.40. The Kier molecular flexibility index (Phi) is 6.19. The lowest BCUT2D eigenvalue weighted by Crippen LogP contribution is -2.41. The third-order valence-corrected chi connectivity index (χ3v) is 1.55. The molecule has 0 saturated heterocycles. The topological polar surface area (TPSA) is 74.1 Å². The van der Waals surface area contributed by atoms with E-state index in [-0.39, 0.29) is 17.0 Å². The van der Waals surface area contributed by atoms with Crippen LogP contribution < -0.4 is 10.6 Å². The van der Waals surface area contributed by atoms with Crippen LogP contribution in [0.15, 0.2) is 11.8 Å². The van der Waals surface area contributed by atoms with Crippen molar-refractivity contribution in [2.45, 2.75) is 26.3 Å². The van der Waals surface area contributed by atoms with Gasteiger partial charge in [0, 0.05) is 25.4 Å². The first-order valence-electron chi connectivity index (χ1n) is 5.06. The van der Waals surface area contributed by atoms with Crippen LogP contribution in [0, 0.1) is 11.3 Å². The van der Waals surface area contributed by atoms with Gasteiger partial charge in [-0.25, -0.2) is 0 Å². The molecule has 5 nitrogen and oxygen atoms in total. The molecule has 0 aromatic carbocycles. The van der Waals surface area contributed by atoms with Crippen molar-refractivity contribution in [1.29, 1.82) is 5.26 Å². The maximum Gasteiger partial charge on any atom is 0.263 e. The molecule has 0 aliphatic heterocycles. The third-order valence-electron chi connectivity index (χ3n) is 1.55. The van der Waals surface area contributed by atoms with E-state index < -0.39 is 0 Å². The lowest BCUT2D eigenvalue weighted by Gasteiger charge is -2.19. The number of carbonyl (C=O) groups excluding carboxylic acids is 1. The Morgan fingerprint density at radius 2 is 2.12 bits per heavy atom. The van der Waals surface area contributed by atoms with Crippen molar-refractivity contribution in [2.24, 2.45) is 0 Å². The van der Waals surface area contributed by atoms with Gasteiger partial charge in [-0.1, -0.05) is 0 Å². The molecule has 1 amide bonds. The van der Waals surface area contributed by atoms with Gasteiger partial charge in [-0.15, -0.1) is 0 Å². The van der Waals surface area contributed by atoms with Crippen LogP contribution in [0.5, 0.6) is 0 Å². The summed E-state index contributed by atoms with van der Waals surface area (Å²) in [5.74, 6) is -0.375. The molecule has 16 heavy (non-hydrogen) atoms. The van der Waals surface area contributed by atoms with Crippen LogP contribution in [0.25, 0.3) is 0 Å². The largest absolute Gasteiger partial charge is 0.387 e. The molecule has 0 atom stereocenters. The van der Waals surface area contributed by atoms with E-state index in [1.54, 1.807) is 7.11 Å². The lowest BCUT2D eigenvalue weighted by molar-refractivity contribution is -0.118. The number of nitrogens with one attached hydrogen (secondary N) is 2. The van der Waals surface area contributed by atoms with Crippen molar-refractivity contribution >= 4 is 5.91 Å². The summed E-state index contributed by atoms with van der Waals surface area (Å²) in [7, 11) is 1.59. The van der Waals surface area contributed by atoms with Crippen molar-refractivity contribution < 1.29 is 9.53 Å². The molecule has 0 heterocycles. The van der Waals surface area contributed by atoms with Gasteiger partial charge in [-0.3, -0.25) is 4.79 Å². The molecule has 0 spiro atoms.